The summed E-state index contributed by atoms with van der Waals surface area (Å²) < 4.78 is 6.95. The summed E-state index contributed by atoms with van der Waals surface area (Å²) in [7, 11) is 0. The Morgan fingerprint density at radius 1 is 1.15 bits per heavy atom. The van der Waals surface area contributed by atoms with Gasteiger partial charge in [0.05, 0.1) is 11.7 Å². The van der Waals surface area contributed by atoms with Crippen molar-refractivity contribution in [1.82, 2.24) is 20.0 Å². The lowest BCUT2D eigenvalue weighted by atomic mass is 9.92. The van der Waals surface area contributed by atoms with E-state index in [2.05, 4.69) is 31.2 Å². The Hall–Kier alpha value is -1.89. The fraction of sp³-hybridized carbons (Fsp3) is 0.737. The molecule has 0 aliphatic carbocycles. The maximum absolute atomic E-state index is 12.5. The van der Waals surface area contributed by atoms with E-state index in [1.165, 1.54) is 0 Å². The summed E-state index contributed by atoms with van der Waals surface area (Å²) in [6.45, 7) is 8.99. The summed E-state index contributed by atoms with van der Waals surface area (Å²) in [6, 6.07) is 3.69. The molecule has 7 heteroatoms. The zero-order chi connectivity index (χ0) is 18.7. The monoisotopic (exact) mass is 362 g/mol. The Bertz CT molecular complexity index is 681. The highest BCUT2D eigenvalue weighted by molar-refractivity contribution is 5.74. The Labute approximate surface area is 154 Å². The molecule has 144 valence electrons. The molecule has 0 saturated carbocycles. The van der Waals surface area contributed by atoms with Gasteiger partial charge in [-0.25, -0.2) is 9.48 Å². The van der Waals surface area contributed by atoms with Gasteiger partial charge in [-0.1, -0.05) is 20.8 Å². The van der Waals surface area contributed by atoms with Crippen molar-refractivity contribution in [3.63, 3.8) is 0 Å². The average molecular weight is 362 g/mol. The SMILES string of the molecule is CC(C)(C)c1ccc(=O)n(C2CCN(C(=O)NC3CCOCC3)CC2)n1. The van der Waals surface area contributed by atoms with E-state index in [0.717, 1.165) is 31.4 Å². The largest absolute Gasteiger partial charge is 0.381 e. The second kappa shape index (κ2) is 7.78. The Kier molecular flexibility index (Phi) is 5.65. The van der Waals surface area contributed by atoms with Crippen LogP contribution in [-0.2, 0) is 10.2 Å². The fourth-order valence-corrected chi connectivity index (χ4v) is 3.51. The van der Waals surface area contributed by atoms with Crippen LogP contribution in [0.2, 0.25) is 0 Å². The molecule has 0 bridgehead atoms. The number of aromatic nitrogens is 2. The lowest BCUT2D eigenvalue weighted by Crippen LogP contribution is -2.49. The average Bonchev–Trinajstić information content (AvgIpc) is 2.62. The number of nitrogens with zero attached hydrogens (tertiary/aromatic N) is 3. The lowest BCUT2D eigenvalue weighted by Gasteiger charge is -2.34. The molecule has 2 aliphatic heterocycles. The molecule has 0 aromatic carbocycles. The number of piperidine rings is 1. The molecule has 0 radical (unpaired) electrons. The van der Waals surface area contributed by atoms with E-state index >= 15 is 0 Å². The van der Waals surface area contributed by atoms with Crippen LogP contribution >= 0.6 is 0 Å². The van der Waals surface area contributed by atoms with E-state index in [1.807, 2.05) is 11.0 Å². The van der Waals surface area contributed by atoms with E-state index < -0.39 is 0 Å². The summed E-state index contributed by atoms with van der Waals surface area (Å²) in [4.78, 5) is 26.6. The molecule has 0 unspecified atom stereocenters. The second-order valence-corrected chi connectivity index (χ2v) is 8.31. The van der Waals surface area contributed by atoms with Gasteiger partial charge in [-0.3, -0.25) is 4.79 Å². The summed E-state index contributed by atoms with van der Waals surface area (Å²) in [6.07, 6.45) is 3.26. The van der Waals surface area contributed by atoms with Crippen molar-refractivity contribution >= 4 is 6.03 Å². The standard InChI is InChI=1S/C19H30N4O3/c1-19(2,3)16-4-5-17(24)23(21-16)15-6-10-22(11-7-15)18(25)20-14-8-12-26-13-9-14/h4-5,14-15H,6-13H2,1-3H3,(H,20,25). The number of nitrogens with one attached hydrogen (secondary N) is 1. The predicted octanol–water partition coefficient (Wildman–Crippen LogP) is 2.07. The number of hydrogen-bond donors (Lipinski definition) is 1. The third kappa shape index (κ3) is 4.44. The van der Waals surface area contributed by atoms with Crippen LogP contribution in [0.25, 0.3) is 0 Å². The van der Waals surface area contributed by atoms with E-state index in [-0.39, 0.29) is 29.1 Å². The first kappa shape index (κ1) is 18.9. The summed E-state index contributed by atoms with van der Waals surface area (Å²) in [5.74, 6) is 0. The third-order valence-electron chi connectivity index (χ3n) is 5.24. The third-order valence-corrected chi connectivity index (χ3v) is 5.24. The van der Waals surface area contributed by atoms with Gasteiger partial charge in [0, 0.05) is 43.8 Å². The molecule has 1 N–H and O–H groups in total. The van der Waals surface area contributed by atoms with Crippen LogP contribution in [0.4, 0.5) is 4.79 Å². The van der Waals surface area contributed by atoms with Crippen LogP contribution in [-0.4, -0.2) is 53.1 Å². The number of ether oxygens (including phenoxy) is 1. The van der Waals surface area contributed by atoms with Crippen molar-refractivity contribution in [3.05, 3.63) is 28.2 Å². The molecular weight excluding hydrogens is 332 g/mol. The normalized spacial score (nSPS) is 20.2. The van der Waals surface area contributed by atoms with Gasteiger partial charge in [-0.15, -0.1) is 0 Å². The summed E-state index contributed by atoms with van der Waals surface area (Å²) in [5.41, 5.74) is 0.750. The quantitative estimate of drug-likeness (QED) is 0.874. The minimum atomic E-state index is -0.0975. The topological polar surface area (TPSA) is 76.5 Å². The van der Waals surface area contributed by atoms with E-state index in [9.17, 15) is 9.59 Å². The summed E-state index contributed by atoms with van der Waals surface area (Å²) >= 11 is 0. The number of carbonyl (C=O) groups is 1. The lowest BCUT2D eigenvalue weighted by molar-refractivity contribution is 0.0771. The van der Waals surface area contributed by atoms with Crippen molar-refractivity contribution in [2.75, 3.05) is 26.3 Å². The number of amides is 2. The molecule has 7 nitrogen and oxygen atoms in total. The van der Waals surface area contributed by atoms with Gasteiger partial charge in [0.15, 0.2) is 0 Å². The molecular formula is C19H30N4O3. The van der Waals surface area contributed by atoms with Crippen molar-refractivity contribution in [1.29, 1.82) is 0 Å². The zero-order valence-corrected chi connectivity index (χ0v) is 16.0. The van der Waals surface area contributed by atoms with E-state index in [0.29, 0.717) is 26.3 Å². The maximum Gasteiger partial charge on any atom is 0.317 e. The number of rotatable bonds is 2. The molecule has 2 aliphatic rings. The van der Waals surface area contributed by atoms with Crippen LogP contribution in [0.3, 0.4) is 0 Å². The fourth-order valence-electron chi connectivity index (χ4n) is 3.51. The van der Waals surface area contributed by atoms with Crippen molar-refractivity contribution < 1.29 is 9.53 Å². The van der Waals surface area contributed by atoms with Gasteiger partial charge in [-0.2, -0.15) is 5.10 Å². The molecule has 0 spiro atoms. The van der Waals surface area contributed by atoms with Gasteiger partial charge >= 0.3 is 6.03 Å². The Balaban J connectivity index is 1.60. The molecule has 0 atom stereocenters. The van der Waals surface area contributed by atoms with Gasteiger partial charge in [0.2, 0.25) is 0 Å². The van der Waals surface area contributed by atoms with Gasteiger partial charge in [0.1, 0.15) is 0 Å². The molecule has 26 heavy (non-hydrogen) atoms. The van der Waals surface area contributed by atoms with Crippen molar-refractivity contribution in [2.45, 2.75) is 64.0 Å². The van der Waals surface area contributed by atoms with Crippen LogP contribution in [0.5, 0.6) is 0 Å². The maximum atomic E-state index is 12.5. The van der Waals surface area contributed by atoms with Gasteiger partial charge < -0.3 is 15.0 Å². The first-order chi connectivity index (χ1) is 12.3. The highest BCUT2D eigenvalue weighted by Gasteiger charge is 2.27. The predicted molar refractivity (Wildman–Crippen MR) is 99.4 cm³/mol. The molecule has 1 aromatic heterocycles. The van der Waals surface area contributed by atoms with Gasteiger partial charge in [0.25, 0.3) is 5.56 Å². The smallest absolute Gasteiger partial charge is 0.317 e. The Morgan fingerprint density at radius 3 is 2.42 bits per heavy atom. The minimum absolute atomic E-state index is 0.000835. The second-order valence-electron chi connectivity index (χ2n) is 8.31. The van der Waals surface area contributed by atoms with Crippen LogP contribution in [0.15, 0.2) is 16.9 Å². The minimum Gasteiger partial charge on any atom is -0.381 e. The number of hydrogen-bond acceptors (Lipinski definition) is 4. The zero-order valence-electron chi connectivity index (χ0n) is 16.0. The number of urea groups is 1. The van der Waals surface area contributed by atoms with Crippen LogP contribution < -0.4 is 10.9 Å². The van der Waals surface area contributed by atoms with E-state index in [4.69, 9.17) is 4.74 Å². The molecule has 2 fully saturated rings. The Morgan fingerprint density at radius 2 is 1.81 bits per heavy atom. The highest BCUT2D eigenvalue weighted by atomic mass is 16.5. The van der Waals surface area contributed by atoms with Gasteiger partial charge in [-0.05, 0) is 31.7 Å². The molecule has 3 rings (SSSR count). The van der Waals surface area contributed by atoms with Crippen molar-refractivity contribution in [2.24, 2.45) is 0 Å². The molecule has 3 heterocycles. The number of carbonyl (C=O) groups excluding carboxylic acids is 1. The highest BCUT2D eigenvalue weighted by Crippen LogP contribution is 2.23. The first-order valence-electron chi connectivity index (χ1n) is 9.58. The molecule has 2 saturated heterocycles. The van der Waals surface area contributed by atoms with Crippen LogP contribution in [0, 0.1) is 0 Å². The molecule has 2 amide bonds. The van der Waals surface area contributed by atoms with Crippen LogP contribution in [0.1, 0.15) is 58.2 Å². The van der Waals surface area contributed by atoms with E-state index in [1.54, 1.807) is 10.7 Å². The van der Waals surface area contributed by atoms with Crippen molar-refractivity contribution in [3.8, 4) is 0 Å². The first-order valence-corrected chi connectivity index (χ1v) is 9.58. The summed E-state index contributed by atoms with van der Waals surface area (Å²) in [5, 5.41) is 7.71. The molecule has 1 aromatic rings. The number of likely N-dealkylation sites (tertiary alicyclic amines) is 1.